The summed E-state index contributed by atoms with van der Waals surface area (Å²) in [6.45, 7) is 2.95. The van der Waals surface area contributed by atoms with Crippen molar-refractivity contribution in [2.45, 2.75) is 13.3 Å². The Morgan fingerprint density at radius 1 is 1.11 bits per heavy atom. The van der Waals surface area contributed by atoms with Gasteiger partial charge in [0.1, 0.15) is 0 Å². The van der Waals surface area contributed by atoms with Gasteiger partial charge in [-0.15, -0.1) is 11.8 Å². The number of para-hydroxylation sites is 2. The number of thioether (sulfide) groups is 1. The summed E-state index contributed by atoms with van der Waals surface area (Å²) in [6.07, 6.45) is 0.709. The predicted molar refractivity (Wildman–Crippen MR) is 114 cm³/mol. The van der Waals surface area contributed by atoms with Gasteiger partial charge in [-0.3, -0.25) is 9.59 Å². The van der Waals surface area contributed by atoms with Gasteiger partial charge in [0, 0.05) is 29.3 Å². The number of nitrogens with two attached hydrogens (primary N) is 1. The molecule has 0 radical (unpaired) electrons. The van der Waals surface area contributed by atoms with Crippen molar-refractivity contribution in [2.24, 2.45) is 0 Å². The van der Waals surface area contributed by atoms with Crippen LogP contribution in [0.2, 0.25) is 0 Å². The van der Waals surface area contributed by atoms with Gasteiger partial charge in [-0.05, 0) is 31.2 Å². The smallest absolute Gasteiger partial charge is 0.313 e. The molecule has 144 valence electrons. The zero-order valence-corrected chi connectivity index (χ0v) is 16.5. The Labute approximate surface area is 168 Å². The van der Waals surface area contributed by atoms with Gasteiger partial charge in [-0.25, -0.2) is 0 Å². The van der Waals surface area contributed by atoms with Crippen LogP contribution in [0.5, 0.6) is 0 Å². The minimum atomic E-state index is -0.597. The van der Waals surface area contributed by atoms with E-state index in [0.717, 1.165) is 27.7 Å². The molecule has 0 fully saturated rings. The first-order chi connectivity index (χ1) is 13.5. The minimum absolute atomic E-state index is 0.462. The molecule has 0 aliphatic carbocycles. The van der Waals surface area contributed by atoms with Crippen molar-refractivity contribution in [3.05, 3.63) is 64.7 Å². The SMILES string of the molecule is Cc1ccc(NC(=O)C(=O)N2CCC3=C(C2)SCN3c2ccccc2N)cc1. The number of amides is 2. The highest BCUT2D eigenvalue weighted by Gasteiger charge is 2.33. The molecule has 2 amide bonds. The quantitative estimate of drug-likeness (QED) is 0.604. The van der Waals surface area contributed by atoms with Crippen molar-refractivity contribution < 1.29 is 9.59 Å². The molecule has 0 unspecified atom stereocenters. The number of carbonyl (C=O) groups is 2. The summed E-state index contributed by atoms with van der Waals surface area (Å²) in [5.74, 6) is -0.318. The van der Waals surface area contributed by atoms with E-state index in [9.17, 15) is 9.59 Å². The topological polar surface area (TPSA) is 78.7 Å². The fourth-order valence-electron chi connectivity index (χ4n) is 3.45. The molecular weight excluding hydrogens is 372 g/mol. The number of anilines is 3. The van der Waals surface area contributed by atoms with E-state index in [-0.39, 0.29) is 0 Å². The second kappa shape index (κ2) is 7.59. The Hall–Kier alpha value is -2.93. The number of hydrogen-bond acceptors (Lipinski definition) is 5. The van der Waals surface area contributed by atoms with Crippen LogP contribution in [0, 0.1) is 6.92 Å². The Morgan fingerprint density at radius 3 is 2.61 bits per heavy atom. The fourth-order valence-corrected chi connectivity index (χ4v) is 4.65. The average Bonchev–Trinajstić information content (AvgIpc) is 3.12. The van der Waals surface area contributed by atoms with Crippen molar-refractivity contribution >= 4 is 40.6 Å². The number of benzene rings is 2. The number of carbonyl (C=O) groups excluding carboxylic acids is 2. The number of hydrogen-bond donors (Lipinski definition) is 2. The summed E-state index contributed by atoms with van der Waals surface area (Å²) in [4.78, 5) is 29.9. The van der Waals surface area contributed by atoms with Crippen molar-refractivity contribution in [3.63, 3.8) is 0 Å². The van der Waals surface area contributed by atoms with Crippen LogP contribution in [-0.2, 0) is 9.59 Å². The molecule has 2 aliphatic rings. The van der Waals surface area contributed by atoms with E-state index in [4.69, 9.17) is 5.73 Å². The Kier molecular flexibility index (Phi) is 5.00. The molecule has 7 heteroatoms. The summed E-state index contributed by atoms with van der Waals surface area (Å²) in [5, 5.41) is 2.69. The molecule has 0 saturated heterocycles. The van der Waals surface area contributed by atoms with Crippen LogP contribution in [0.1, 0.15) is 12.0 Å². The third-order valence-corrected chi connectivity index (χ3v) is 6.09. The van der Waals surface area contributed by atoms with Gasteiger partial charge < -0.3 is 20.9 Å². The van der Waals surface area contributed by atoms with Gasteiger partial charge >= 0.3 is 11.8 Å². The number of aryl methyl sites for hydroxylation is 1. The molecule has 0 bridgehead atoms. The summed E-state index contributed by atoms with van der Waals surface area (Å²) in [6, 6.07) is 15.2. The third kappa shape index (κ3) is 3.57. The van der Waals surface area contributed by atoms with Crippen LogP contribution in [0.4, 0.5) is 17.1 Å². The zero-order valence-electron chi connectivity index (χ0n) is 15.6. The Balaban J connectivity index is 1.44. The number of nitrogens with zero attached hydrogens (tertiary/aromatic N) is 2. The van der Waals surface area contributed by atoms with Gasteiger partial charge in [-0.1, -0.05) is 29.8 Å². The molecule has 2 aliphatic heterocycles. The number of nitrogens with one attached hydrogen (secondary N) is 1. The molecule has 0 aromatic heterocycles. The largest absolute Gasteiger partial charge is 0.397 e. The predicted octanol–water partition coefficient (Wildman–Crippen LogP) is 3.17. The molecule has 28 heavy (non-hydrogen) atoms. The van der Waals surface area contributed by atoms with Gasteiger partial charge in [-0.2, -0.15) is 0 Å². The Morgan fingerprint density at radius 2 is 1.86 bits per heavy atom. The average molecular weight is 395 g/mol. The van der Waals surface area contributed by atoms with E-state index in [1.807, 2.05) is 43.3 Å². The highest BCUT2D eigenvalue weighted by molar-refractivity contribution is 8.03. The van der Waals surface area contributed by atoms with Crippen molar-refractivity contribution in [2.75, 3.05) is 34.9 Å². The van der Waals surface area contributed by atoms with Crippen molar-refractivity contribution in [1.29, 1.82) is 0 Å². The van der Waals surface area contributed by atoms with E-state index in [2.05, 4.69) is 10.2 Å². The minimum Gasteiger partial charge on any atom is -0.397 e. The number of nitrogen functional groups attached to an aromatic ring is 1. The van der Waals surface area contributed by atoms with Gasteiger partial charge in [0.25, 0.3) is 0 Å². The van der Waals surface area contributed by atoms with Crippen LogP contribution in [0.3, 0.4) is 0 Å². The fraction of sp³-hybridized carbons (Fsp3) is 0.238. The summed E-state index contributed by atoms with van der Waals surface area (Å²) >= 11 is 1.70. The monoisotopic (exact) mass is 394 g/mol. The molecule has 0 spiro atoms. The van der Waals surface area contributed by atoms with E-state index < -0.39 is 11.8 Å². The normalized spacial score (nSPS) is 16.2. The maximum absolute atomic E-state index is 12.6. The molecular formula is C21H22N4O2S. The van der Waals surface area contributed by atoms with E-state index in [1.54, 1.807) is 28.8 Å². The zero-order chi connectivity index (χ0) is 19.7. The molecule has 2 aromatic carbocycles. The standard InChI is InChI=1S/C21H22N4O2S/c1-14-6-8-15(9-7-14)23-20(26)21(27)24-11-10-18-19(12-24)28-13-25(18)17-5-3-2-4-16(17)22/h2-9H,10-13,22H2,1H3,(H,23,26). The lowest BCUT2D eigenvalue weighted by Gasteiger charge is -2.30. The van der Waals surface area contributed by atoms with Gasteiger partial charge in [0.05, 0.1) is 23.8 Å². The first-order valence-corrected chi connectivity index (χ1v) is 10.2. The van der Waals surface area contributed by atoms with Crippen LogP contribution in [-0.4, -0.2) is 35.7 Å². The van der Waals surface area contributed by atoms with Gasteiger partial charge in [0.15, 0.2) is 0 Å². The maximum Gasteiger partial charge on any atom is 0.313 e. The van der Waals surface area contributed by atoms with Crippen LogP contribution in [0.15, 0.2) is 59.1 Å². The maximum atomic E-state index is 12.6. The summed E-state index contributed by atoms with van der Waals surface area (Å²) in [5.41, 5.74) is 10.8. The summed E-state index contributed by atoms with van der Waals surface area (Å²) < 4.78 is 0. The lowest BCUT2D eigenvalue weighted by molar-refractivity contribution is -0.142. The summed E-state index contributed by atoms with van der Waals surface area (Å²) in [7, 11) is 0. The Bertz CT molecular complexity index is 955. The highest BCUT2D eigenvalue weighted by Crippen LogP contribution is 2.41. The lowest BCUT2D eigenvalue weighted by Crippen LogP contribution is -2.43. The molecule has 0 saturated carbocycles. The van der Waals surface area contributed by atoms with E-state index in [0.29, 0.717) is 25.2 Å². The van der Waals surface area contributed by atoms with Crippen LogP contribution >= 0.6 is 11.8 Å². The van der Waals surface area contributed by atoms with Crippen molar-refractivity contribution in [3.8, 4) is 0 Å². The van der Waals surface area contributed by atoms with Crippen LogP contribution < -0.4 is 16.0 Å². The first kappa shape index (κ1) is 18.4. The molecule has 4 rings (SSSR count). The van der Waals surface area contributed by atoms with Crippen LogP contribution in [0.25, 0.3) is 0 Å². The molecule has 6 nitrogen and oxygen atoms in total. The highest BCUT2D eigenvalue weighted by atomic mass is 32.2. The molecule has 0 atom stereocenters. The molecule has 3 N–H and O–H groups in total. The number of rotatable bonds is 2. The van der Waals surface area contributed by atoms with Crippen molar-refractivity contribution in [1.82, 2.24) is 4.90 Å². The van der Waals surface area contributed by atoms with E-state index in [1.165, 1.54) is 5.70 Å². The second-order valence-corrected chi connectivity index (χ2v) is 7.97. The molecule has 2 aromatic rings. The first-order valence-electron chi connectivity index (χ1n) is 9.17. The third-order valence-electron chi connectivity index (χ3n) is 4.99. The van der Waals surface area contributed by atoms with Gasteiger partial charge in [0.2, 0.25) is 0 Å². The lowest BCUT2D eigenvalue weighted by atomic mass is 10.1. The molecule has 2 heterocycles. The van der Waals surface area contributed by atoms with E-state index >= 15 is 0 Å². The second-order valence-electron chi connectivity index (χ2n) is 6.93.